The number of nitrogens with zero attached hydrogens (tertiary/aromatic N) is 1. The topological polar surface area (TPSA) is 84.9 Å². The number of benzene rings is 2. The van der Waals surface area contributed by atoms with Gasteiger partial charge in [0, 0.05) is 12.6 Å². The van der Waals surface area contributed by atoms with E-state index >= 15 is 0 Å². The van der Waals surface area contributed by atoms with E-state index in [1.165, 1.54) is 0 Å². The summed E-state index contributed by atoms with van der Waals surface area (Å²) < 4.78 is 32.9. The quantitative estimate of drug-likeness (QED) is 0.613. The van der Waals surface area contributed by atoms with E-state index < -0.39 is 10.1 Å². The second kappa shape index (κ2) is 10.2. The average Bonchev–Trinajstić information content (AvgIpc) is 2.67. The van der Waals surface area contributed by atoms with Crippen LogP contribution in [0.4, 0.5) is 10.5 Å². The molecule has 158 valence electrons. The first-order valence-electron chi connectivity index (χ1n) is 9.51. The summed E-state index contributed by atoms with van der Waals surface area (Å²) in [4.78, 5) is 14.7. The third-order valence-corrected chi connectivity index (χ3v) is 4.83. The van der Waals surface area contributed by atoms with E-state index in [0.29, 0.717) is 24.6 Å². The number of ether oxygens (including phenoxy) is 1. The van der Waals surface area contributed by atoms with Crippen LogP contribution in [0.1, 0.15) is 32.8 Å². The average molecular weight is 421 g/mol. The molecule has 1 atom stereocenters. The number of rotatable bonds is 9. The van der Waals surface area contributed by atoms with E-state index in [2.05, 4.69) is 5.32 Å². The van der Waals surface area contributed by atoms with Crippen molar-refractivity contribution < 1.29 is 22.1 Å². The Morgan fingerprint density at radius 1 is 1.10 bits per heavy atom. The van der Waals surface area contributed by atoms with E-state index in [0.717, 1.165) is 18.2 Å². The van der Waals surface area contributed by atoms with Crippen LogP contribution in [0.3, 0.4) is 0 Å². The van der Waals surface area contributed by atoms with Crippen molar-refractivity contribution in [2.75, 3.05) is 18.2 Å². The number of urea groups is 1. The number of hydrogen-bond donors (Lipinski definition) is 1. The molecule has 29 heavy (non-hydrogen) atoms. The molecule has 0 bridgehead atoms. The van der Waals surface area contributed by atoms with Crippen LogP contribution in [-0.4, -0.2) is 38.3 Å². The van der Waals surface area contributed by atoms with Gasteiger partial charge in [0.05, 0.1) is 18.6 Å². The van der Waals surface area contributed by atoms with Gasteiger partial charge in [-0.25, -0.2) is 4.79 Å². The summed E-state index contributed by atoms with van der Waals surface area (Å²) in [7, 11) is -3.57. The fraction of sp³-hybridized carbons (Fsp3) is 0.381. The summed E-state index contributed by atoms with van der Waals surface area (Å²) in [6, 6.07) is 13.7. The third-order valence-electron chi connectivity index (χ3n) is 4.34. The molecule has 0 aliphatic rings. The second-order valence-corrected chi connectivity index (χ2v) is 8.25. The number of carbonyl (C=O) groups is 1. The van der Waals surface area contributed by atoms with E-state index in [-0.39, 0.29) is 17.8 Å². The highest BCUT2D eigenvalue weighted by Gasteiger charge is 2.20. The highest BCUT2D eigenvalue weighted by atomic mass is 32.2. The highest BCUT2D eigenvalue weighted by molar-refractivity contribution is 7.86. The predicted octanol–water partition coefficient (Wildman–Crippen LogP) is 4.26. The highest BCUT2D eigenvalue weighted by Crippen LogP contribution is 2.25. The molecule has 0 aliphatic carbocycles. The van der Waals surface area contributed by atoms with Gasteiger partial charge >= 0.3 is 16.1 Å². The largest absolute Gasteiger partial charge is 0.492 e. The number of nitrogens with one attached hydrogen (secondary N) is 1. The van der Waals surface area contributed by atoms with Gasteiger partial charge in [0.15, 0.2) is 0 Å². The number of anilines is 1. The van der Waals surface area contributed by atoms with Gasteiger partial charge in [-0.05, 0) is 50.1 Å². The van der Waals surface area contributed by atoms with Gasteiger partial charge < -0.3 is 19.1 Å². The van der Waals surface area contributed by atoms with Crippen LogP contribution < -0.4 is 14.2 Å². The van der Waals surface area contributed by atoms with Gasteiger partial charge in [-0.2, -0.15) is 8.42 Å². The van der Waals surface area contributed by atoms with Gasteiger partial charge in [-0.3, -0.25) is 0 Å². The normalized spacial score (nSPS) is 12.1. The minimum atomic E-state index is -3.57. The Morgan fingerprint density at radius 2 is 1.76 bits per heavy atom. The maximum Gasteiger partial charge on any atom is 0.322 e. The van der Waals surface area contributed by atoms with Crippen LogP contribution >= 0.6 is 0 Å². The summed E-state index contributed by atoms with van der Waals surface area (Å²) in [5, 5.41) is 2.93. The van der Waals surface area contributed by atoms with E-state index in [1.54, 1.807) is 35.2 Å². The lowest BCUT2D eigenvalue weighted by Gasteiger charge is -2.29. The van der Waals surface area contributed by atoms with Crippen LogP contribution in [0.5, 0.6) is 11.5 Å². The maximum atomic E-state index is 13.0. The lowest BCUT2D eigenvalue weighted by atomic mass is 10.1. The maximum absolute atomic E-state index is 13.0. The van der Waals surface area contributed by atoms with Crippen molar-refractivity contribution in [3.05, 3.63) is 54.1 Å². The van der Waals surface area contributed by atoms with Crippen molar-refractivity contribution >= 4 is 21.8 Å². The van der Waals surface area contributed by atoms with Crippen LogP contribution in [0.2, 0.25) is 0 Å². The number of amides is 2. The zero-order valence-corrected chi connectivity index (χ0v) is 18.0. The fourth-order valence-electron chi connectivity index (χ4n) is 2.71. The summed E-state index contributed by atoms with van der Waals surface area (Å²) in [5.41, 5.74) is 1.48. The van der Waals surface area contributed by atoms with E-state index in [1.807, 2.05) is 39.0 Å². The van der Waals surface area contributed by atoms with Crippen LogP contribution in [-0.2, 0) is 16.7 Å². The first kappa shape index (κ1) is 22.5. The Balaban J connectivity index is 2.16. The Labute approximate surface area is 172 Å². The first-order chi connectivity index (χ1) is 13.7. The fourth-order valence-corrected chi connectivity index (χ4v) is 3.17. The lowest BCUT2D eigenvalue weighted by Crippen LogP contribution is -2.40. The van der Waals surface area contributed by atoms with Crippen LogP contribution in [0, 0.1) is 0 Å². The van der Waals surface area contributed by atoms with Gasteiger partial charge in [0.25, 0.3) is 0 Å². The Kier molecular flexibility index (Phi) is 7.90. The zero-order valence-electron chi connectivity index (χ0n) is 17.2. The van der Waals surface area contributed by atoms with Crippen molar-refractivity contribution in [1.82, 2.24) is 4.90 Å². The molecule has 0 fully saturated rings. The smallest absolute Gasteiger partial charge is 0.322 e. The van der Waals surface area contributed by atoms with Crippen LogP contribution in [0.15, 0.2) is 48.5 Å². The zero-order chi connectivity index (χ0) is 21.4. The number of para-hydroxylation sites is 2. The summed E-state index contributed by atoms with van der Waals surface area (Å²) in [6.07, 6.45) is 1.78. The molecule has 2 amide bonds. The summed E-state index contributed by atoms with van der Waals surface area (Å²) in [5.74, 6) is 0.858. The van der Waals surface area contributed by atoms with Crippen molar-refractivity contribution in [2.24, 2.45) is 0 Å². The first-order valence-corrected chi connectivity index (χ1v) is 11.3. The Hall–Kier alpha value is -2.74. The molecule has 2 rings (SSSR count). The molecule has 2 aromatic rings. The summed E-state index contributed by atoms with van der Waals surface area (Å²) in [6.45, 7) is 6.76. The van der Waals surface area contributed by atoms with Gasteiger partial charge in [-0.1, -0.05) is 31.2 Å². The molecular formula is C21H28N2O5S. The Morgan fingerprint density at radius 3 is 2.34 bits per heavy atom. The lowest BCUT2D eigenvalue weighted by molar-refractivity contribution is 0.187. The minimum Gasteiger partial charge on any atom is -0.492 e. The van der Waals surface area contributed by atoms with Crippen molar-refractivity contribution in [2.45, 2.75) is 39.8 Å². The monoisotopic (exact) mass is 420 g/mol. The van der Waals surface area contributed by atoms with Crippen molar-refractivity contribution in [1.29, 1.82) is 0 Å². The Bertz CT molecular complexity index is 913. The number of carbonyl (C=O) groups excluding carboxylic acids is 1. The molecular weight excluding hydrogens is 392 g/mol. The van der Waals surface area contributed by atoms with Gasteiger partial charge in [0.2, 0.25) is 0 Å². The van der Waals surface area contributed by atoms with E-state index in [9.17, 15) is 13.2 Å². The standard InChI is InChI=1S/C21H28N2O5S/c1-5-16(3)23(15-17-11-13-18(14-12-17)28-29(4,25)26)21(24)22-19-9-7-8-10-20(19)27-6-2/h7-14,16H,5-6,15H2,1-4H3,(H,22,24)/t16-/m0/s1. The molecule has 0 saturated heterocycles. The molecule has 2 aromatic carbocycles. The van der Waals surface area contributed by atoms with Crippen LogP contribution in [0.25, 0.3) is 0 Å². The van der Waals surface area contributed by atoms with Gasteiger partial charge in [0.1, 0.15) is 11.5 Å². The molecule has 0 unspecified atom stereocenters. The number of hydrogen-bond acceptors (Lipinski definition) is 5. The van der Waals surface area contributed by atoms with E-state index in [4.69, 9.17) is 8.92 Å². The minimum absolute atomic E-state index is 0.00111. The molecule has 7 nitrogen and oxygen atoms in total. The molecule has 0 aliphatic heterocycles. The SMILES string of the molecule is CCOc1ccccc1NC(=O)N(Cc1ccc(OS(C)(=O)=O)cc1)[C@@H](C)CC. The predicted molar refractivity (Wildman–Crippen MR) is 114 cm³/mol. The molecule has 0 saturated carbocycles. The van der Waals surface area contributed by atoms with Gasteiger partial charge in [-0.15, -0.1) is 0 Å². The molecule has 8 heteroatoms. The molecule has 0 spiro atoms. The molecule has 1 N–H and O–H groups in total. The second-order valence-electron chi connectivity index (χ2n) is 6.68. The van der Waals surface area contributed by atoms with Crippen molar-refractivity contribution in [3.8, 4) is 11.5 Å². The molecule has 0 aromatic heterocycles. The molecule has 0 heterocycles. The third kappa shape index (κ3) is 6.98. The summed E-state index contributed by atoms with van der Waals surface area (Å²) >= 11 is 0. The van der Waals surface area contributed by atoms with Crippen molar-refractivity contribution in [3.63, 3.8) is 0 Å². The molecule has 0 radical (unpaired) electrons.